The lowest BCUT2D eigenvalue weighted by molar-refractivity contribution is -0.160. The number of alkyl halides is 3. The number of benzene rings is 1. The van der Waals surface area contributed by atoms with E-state index in [1.54, 1.807) is 30.3 Å². The Kier molecular flexibility index (Phi) is 5.42. The van der Waals surface area contributed by atoms with E-state index in [2.05, 4.69) is 0 Å². The van der Waals surface area contributed by atoms with Crippen LogP contribution >= 0.6 is 0 Å². The number of hydrogen-bond donors (Lipinski definition) is 1. The third kappa shape index (κ3) is 4.20. The number of carbonyl (C=O) groups excluding carboxylic acids is 1. The minimum absolute atomic E-state index is 0.201. The largest absolute Gasteiger partial charge is 0.394 e. The van der Waals surface area contributed by atoms with Gasteiger partial charge >= 0.3 is 6.18 Å². The van der Waals surface area contributed by atoms with Crippen LogP contribution in [0.25, 0.3) is 0 Å². The molecule has 1 aliphatic heterocycles. The number of carbonyl (C=O) groups is 1. The number of halogens is 3. The van der Waals surface area contributed by atoms with Crippen LogP contribution in [0.5, 0.6) is 0 Å². The molecule has 4 nitrogen and oxygen atoms in total. The Morgan fingerprint density at radius 2 is 2.00 bits per heavy atom. The predicted octanol–water partition coefficient (Wildman–Crippen LogP) is 2.29. The monoisotopic (exact) mass is 317 g/mol. The summed E-state index contributed by atoms with van der Waals surface area (Å²) < 4.78 is 42.4. The first-order chi connectivity index (χ1) is 10.4. The van der Waals surface area contributed by atoms with E-state index in [1.807, 2.05) is 0 Å². The average molecular weight is 317 g/mol. The van der Waals surface area contributed by atoms with E-state index in [0.717, 1.165) is 5.56 Å². The molecule has 1 aromatic rings. The molecule has 7 heteroatoms. The zero-order chi connectivity index (χ0) is 16.2. The Morgan fingerprint density at radius 3 is 2.59 bits per heavy atom. The highest BCUT2D eigenvalue weighted by Gasteiger charge is 2.37. The van der Waals surface area contributed by atoms with Gasteiger partial charge in [0.15, 0.2) is 0 Å². The van der Waals surface area contributed by atoms with E-state index in [4.69, 9.17) is 4.74 Å². The molecule has 0 saturated carbocycles. The van der Waals surface area contributed by atoms with Gasteiger partial charge in [0.25, 0.3) is 0 Å². The van der Waals surface area contributed by atoms with Gasteiger partial charge in [0, 0.05) is 13.0 Å². The fourth-order valence-corrected chi connectivity index (χ4v) is 2.60. The zero-order valence-electron chi connectivity index (χ0n) is 11.9. The van der Waals surface area contributed by atoms with E-state index in [0.29, 0.717) is 0 Å². The molecular formula is C15H18F3NO3. The molecule has 0 aromatic heterocycles. The van der Waals surface area contributed by atoms with Gasteiger partial charge in [-0.05, 0) is 5.56 Å². The van der Waals surface area contributed by atoms with Crippen molar-refractivity contribution in [3.63, 3.8) is 0 Å². The number of amides is 1. The molecule has 1 fully saturated rings. The summed E-state index contributed by atoms with van der Waals surface area (Å²) in [5.74, 6) is -0.576. The molecule has 2 atom stereocenters. The number of hydrogen-bond acceptors (Lipinski definition) is 3. The van der Waals surface area contributed by atoms with Crippen molar-refractivity contribution in [3.05, 3.63) is 35.9 Å². The van der Waals surface area contributed by atoms with Crippen LogP contribution in [0.15, 0.2) is 30.3 Å². The van der Waals surface area contributed by atoms with Gasteiger partial charge in [-0.3, -0.25) is 4.79 Å². The lowest BCUT2D eigenvalue weighted by atomic mass is 9.98. The molecule has 0 bridgehead atoms. The Bertz CT molecular complexity index is 493. The Labute approximate surface area is 126 Å². The van der Waals surface area contributed by atoms with Crippen molar-refractivity contribution in [2.45, 2.75) is 31.2 Å². The molecule has 0 unspecified atom stereocenters. The molecule has 1 saturated heterocycles. The Morgan fingerprint density at radius 1 is 1.32 bits per heavy atom. The third-order valence-electron chi connectivity index (χ3n) is 3.62. The first-order valence-corrected chi connectivity index (χ1v) is 7.06. The van der Waals surface area contributed by atoms with Crippen LogP contribution in [0.2, 0.25) is 0 Å². The number of aliphatic hydroxyl groups excluding tert-OH is 1. The summed E-state index contributed by atoms with van der Waals surface area (Å²) in [6.45, 7) is 0.113. The quantitative estimate of drug-likeness (QED) is 0.927. The van der Waals surface area contributed by atoms with Crippen LogP contribution in [0.3, 0.4) is 0 Å². The molecular weight excluding hydrogens is 299 g/mol. The third-order valence-corrected chi connectivity index (χ3v) is 3.62. The van der Waals surface area contributed by atoms with Crippen molar-refractivity contribution in [2.24, 2.45) is 0 Å². The zero-order valence-corrected chi connectivity index (χ0v) is 11.9. The maximum atomic E-state index is 12.3. The topological polar surface area (TPSA) is 49.8 Å². The highest BCUT2D eigenvalue weighted by atomic mass is 19.4. The summed E-state index contributed by atoms with van der Waals surface area (Å²) in [7, 11) is 0. The van der Waals surface area contributed by atoms with E-state index in [-0.39, 0.29) is 19.8 Å². The lowest BCUT2D eigenvalue weighted by Gasteiger charge is -2.41. The Hall–Kier alpha value is -1.60. The van der Waals surface area contributed by atoms with Crippen molar-refractivity contribution in [3.8, 4) is 0 Å². The lowest BCUT2D eigenvalue weighted by Crippen LogP contribution is -2.49. The molecule has 1 amide bonds. The van der Waals surface area contributed by atoms with Gasteiger partial charge in [-0.2, -0.15) is 13.2 Å². The summed E-state index contributed by atoms with van der Waals surface area (Å²) >= 11 is 0. The summed E-state index contributed by atoms with van der Waals surface area (Å²) in [6, 6.07) is 8.32. The van der Waals surface area contributed by atoms with Crippen molar-refractivity contribution in [1.29, 1.82) is 0 Å². The molecule has 0 spiro atoms. The average Bonchev–Trinajstić information content (AvgIpc) is 2.52. The van der Waals surface area contributed by atoms with E-state index in [1.165, 1.54) is 4.90 Å². The number of ether oxygens (including phenoxy) is 1. The normalized spacial score (nSPS) is 22.6. The minimum atomic E-state index is -4.36. The number of aliphatic hydroxyl groups is 1. The van der Waals surface area contributed by atoms with Gasteiger partial charge in [0.1, 0.15) is 6.10 Å². The highest BCUT2D eigenvalue weighted by molar-refractivity contribution is 5.77. The highest BCUT2D eigenvalue weighted by Crippen LogP contribution is 2.31. The maximum absolute atomic E-state index is 12.3. The fraction of sp³-hybridized carbons (Fsp3) is 0.533. The van der Waals surface area contributed by atoms with Crippen LogP contribution in [0, 0.1) is 0 Å². The van der Waals surface area contributed by atoms with Crippen molar-refractivity contribution in [2.75, 3.05) is 19.8 Å². The fourth-order valence-electron chi connectivity index (χ4n) is 2.60. The molecule has 122 valence electrons. The van der Waals surface area contributed by atoms with Crippen LogP contribution in [0.1, 0.15) is 24.4 Å². The minimum Gasteiger partial charge on any atom is -0.394 e. The molecule has 22 heavy (non-hydrogen) atoms. The van der Waals surface area contributed by atoms with E-state index in [9.17, 15) is 23.1 Å². The SMILES string of the molecule is O=C(CCC(F)(F)F)N1CCO[C@H](CO)[C@H]1c1ccccc1. The van der Waals surface area contributed by atoms with E-state index >= 15 is 0 Å². The first kappa shape index (κ1) is 16.8. The van der Waals surface area contributed by atoms with Gasteiger partial charge in [0.05, 0.1) is 25.7 Å². The van der Waals surface area contributed by atoms with Gasteiger partial charge in [-0.25, -0.2) is 0 Å². The summed E-state index contributed by atoms with van der Waals surface area (Å²) in [4.78, 5) is 13.6. The summed E-state index contributed by atoms with van der Waals surface area (Å²) in [5.41, 5.74) is 0.738. The summed E-state index contributed by atoms with van der Waals surface area (Å²) in [5, 5.41) is 9.44. The second-order valence-electron chi connectivity index (χ2n) is 5.15. The molecule has 1 N–H and O–H groups in total. The number of morpholine rings is 1. The molecule has 0 aliphatic carbocycles. The van der Waals surface area contributed by atoms with Crippen LogP contribution < -0.4 is 0 Å². The first-order valence-electron chi connectivity index (χ1n) is 7.06. The second kappa shape index (κ2) is 7.11. The standard InChI is InChI=1S/C15H18F3NO3/c16-15(17,18)7-6-13(21)19-8-9-22-12(10-20)14(19)11-4-2-1-3-5-11/h1-5,12,14,20H,6-10H2/t12-,14-/m1/s1. The molecule has 1 heterocycles. The second-order valence-corrected chi connectivity index (χ2v) is 5.15. The van der Waals surface area contributed by atoms with Crippen LogP contribution in [-0.4, -0.2) is 48.0 Å². The van der Waals surface area contributed by atoms with Gasteiger partial charge in [-0.15, -0.1) is 0 Å². The van der Waals surface area contributed by atoms with Crippen LogP contribution in [-0.2, 0) is 9.53 Å². The predicted molar refractivity (Wildman–Crippen MR) is 73.0 cm³/mol. The molecule has 1 aromatic carbocycles. The van der Waals surface area contributed by atoms with E-state index < -0.39 is 37.1 Å². The number of nitrogens with zero attached hydrogens (tertiary/aromatic N) is 1. The number of rotatable bonds is 4. The van der Waals surface area contributed by atoms with Crippen molar-refractivity contribution >= 4 is 5.91 Å². The molecule has 0 radical (unpaired) electrons. The molecule has 1 aliphatic rings. The van der Waals surface area contributed by atoms with Gasteiger partial charge in [0.2, 0.25) is 5.91 Å². The van der Waals surface area contributed by atoms with Crippen molar-refractivity contribution in [1.82, 2.24) is 4.90 Å². The summed E-state index contributed by atoms with van der Waals surface area (Å²) in [6.07, 6.45) is -6.73. The van der Waals surface area contributed by atoms with Gasteiger partial charge < -0.3 is 14.7 Å². The smallest absolute Gasteiger partial charge is 0.389 e. The van der Waals surface area contributed by atoms with Crippen LogP contribution in [0.4, 0.5) is 13.2 Å². The maximum Gasteiger partial charge on any atom is 0.389 e. The Balaban J connectivity index is 2.17. The van der Waals surface area contributed by atoms with Crippen molar-refractivity contribution < 1.29 is 27.8 Å². The molecule has 2 rings (SSSR count). The van der Waals surface area contributed by atoms with Gasteiger partial charge in [-0.1, -0.05) is 30.3 Å².